The van der Waals surface area contributed by atoms with E-state index < -0.39 is 10.9 Å². The SMILES string of the molecule is CN1CCN(c2cc([N+](=O)[O-])c3nc(C(=O)O)cc(OCc4ccccc4)c3c2)CC1. The van der Waals surface area contributed by atoms with Gasteiger partial charge in [-0.25, -0.2) is 9.78 Å². The molecule has 1 saturated heterocycles. The molecule has 0 amide bonds. The van der Waals surface area contributed by atoms with Crippen molar-refractivity contribution < 1.29 is 19.6 Å². The topological polar surface area (TPSA) is 109 Å². The molecule has 1 aromatic heterocycles. The smallest absolute Gasteiger partial charge is 0.354 e. The van der Waals surface area contributed by atoms with E-state index in [1.165, 1.54) is 12.1 Å². The number of fused-ring (bicyclic) bond motifs is 1. The number of piperazine rings is 1. The lowest BCUT2D eigenvalue weighted by atomic mass is 10.1. The largest absolute Gasteiger partial charge is 0.488 e. The average molecular weight is 422 g/mol. The minimum atomic E-state index is -1.27. The van der Waals surface area contributed by atoms with Crippen molar-refractivity contribution in [1.29, 1.82) is 0 Å². The maximum Gasteiger partial charge on any atom is 0.354 e. The van der Waals surface area contributed by atoms with Gasteiger partial charge in [-0.3, -0.25) is 10.1 Å². The molecule has 1 aliphatic rings. The van der Waals surface area contributed by atoms with E-state index in [1.807, 2.05) is 37.4 Å². The van der Waals surface area contributed by atoms with E-state index in [-0.39, 0.29) is 29.3 Å². The lowest BCUT2D eigenvalue weighted by Crippen LogP contribution is -2.44. The van der Waals surface area contributed by atoms with Gasteiger partial charge in [0.2, 0.25) is 0 Å². The summed E-state index contributed by atoms with van der Waals surface area (Å²) in [6.45, 7) is 3.37. The Morgan fingerprint density at radius 3 is 2.52 bits per heavy atom. The van der Waals surface area contributed by atoms with Gasteiger partial charge in [0.15, 0.2) is 11.2 Å². The van der Waals surface area contributed by atoms with E-state index in [0.29, 0.717) is 11.1 Å². The van der Waals surface area contributed by atoms with Gasteiger partial charge in [-0.1, -0.05) is 30.3 Å². The monoisotopic (exact) mass is 422 g/mol. The van der Waals surface area contributed by atoms with Crippen LogP contribution in [-0.2, 0) is 6.61 Å². The Bertz CT molecular complexity index is 1130. The van der Waals surface area contributed by atoms with E-state index >= 15 is 0 Å². The second-order valence-electron chi connectivity index (χ2n) is 7.49. The number of nitro groups is 1. The first-order chi connectivity index (χ1) is 14.9. The van der Waals surface area contributed by atoms with E-state index in [0.717, 1.165) is 31.7 Å². The number of likely N-dealkylation sites (N-methyl/N-ethyl adjacent to an activating group) is 1. The summed E-state index contributed by atoms with van der Waals surface area (Å²) in [4.78, 5) is 31.2. The number of carboxylic acids is 1. The van der Waals surface area contributed by atoms with Crippen LogP contribution in [0, 0.1) is 10.1 Å². The van der Waals surface area contributed by atoms with Gasteiger partial charge in [0.1, 0.15) is 12.4 Å². The molecule has 0 spiro atoms. The minimum absolute atomic E-state index is 0.00541. The first kappa shape index (κ1) is 20.5. The molecular formula is C22H22N4O5. The predicted molar refractivity (Wildman–Crippen MR) is 116 cm³/mol. The van der Waals surface area contributed by atoms with Crippen molar-refractivity contribution >= 4 is 28.2 Å². The van der Waals surface area contributed by atoms with Crippen LogP contribution in [0.2, 0.25) is 0 Å². The third-order valence-corrected chi connectivity index (χ3v) is 5.36. The number of hydrogen-bond acceptors (Lipinski definition) is 7. The molecule has 3 aromatic rings. The highest BCUT2D eigenvalue weighted by Crippen LogP contribution is 2.36. The fourth-order valence-corrected chi connectivity index (χ4v) is 3.61. The van der Waals surface area contributed by atoms with Crippen LogP contribution in [0.15, 0.2) is 48.5 Å². The molecule has 0 radical (unpaired) electrons. The molecule has 4 rings (SSSR count). The number of non-ortho nitro benzene ring substituents is 1. The van der Waals surface area contributed by atoms with Crippen LogP contribution >= 0.6 is 0 Å². The van der Waals surface area contributed by atoms with Gasteiger partial charge in [0.05, 0.1) is 10.3 Å². The minimum Gasteiger partial charge on any atom is -0.488 e. The van der Waals surface area contributed by atoms with Gasteiger partial charge in [-0.15, -0.1) is 0 Å². The third-order valence-electron chi connectivity index (χ3n) is 5.36. The summed E-state index contributed by atoms with van der Waals surface area (Å²) in [5.74, 6) is -1.02. The van der Waals surface area contributed by atoms with Crippen molar-refractivity contribution in [3.63, 3.8) is 0 Å². The van der Waals surface area contributed by atoms with Crippen molar-refractivity contribution in [2.24, 2.45) is 0 Å². The summed E-state index contributed by atoms with van der Waals surface area (Å²) in [5.41, 5.74) is 1.06. The molecule has 0 saturated carbocycles. The lowest BCUT2D eigenvalue weighted by molar-refractivity contribution is -0.383. The molecule has 0 bridgehead atoms. The number of hydrogen-bond donors (Lipinski definition) is 1. The molecule has 160 valence electrons. The van der Waals surface area contributed by atoms with E-state index in [2.05, 4.69) is 14.8 Å². The standard InChI is InChI=1S/C22H22N4O5/c1-24-7-9-25(10-8-24)16-11-17-20(31-14-15-5-3-2-4-6-15)13-18(22(27)28)23-21(17)19(12-16)26(29)30/h2-6,11-13H,7-10,14H2,1H3,(H,27,28). The number of ether oxygens (including phenoxy) is 1. The number of nitro benzene ring substituents is 1. The van der Waals surface area contributed by atoms with Crippen LogP contribution < -0.4 is 9.64 Å². The third kappa shape index (κ3) is 4.41. The number of nitrogens with zero attached hydrogens (tertiary/aromatic N) is 4. The number of carbonyl (C=O) groups is 1. The van der Waals surface area contributed by atoms with Crippen molar-refractivity contribution in [1.82, 2.24) is 9.88 Å². The molecule has 0 atom stereocenters. The summed E-state index contributed by atoms with van der Waals surface area (Å²) in [7, 11) is 2.03. The van der Waals surface area contributed by atoms with Crippen LogP contribution in [0.3, 0.4) is 0 Å². The van der Waals surface area contributed by atoms with Gasteiger partial charge >= 0.3 is 5.97 Å². The van der Waals surface area contributed by atoms with Gasteiger partial charge in [-0.2, -0.15) is 0 Å². The molecule has 1 N–H and O–H groups in total. The molecule has 9 heteroatoms. The molecule has 2 aromatic carbocycles. The maximum atomic E-state index is 11.8. The summed E-state index contributed by atoms with van der Waals surface area (Å²) < 4.78 is 5.94. The quantitative estimate of drug-likeness (QED) is 0.477. The van der Waals surface area contributed by atoms with Crippen molar-refractivity contribution in [2.75, 3.05) is 38.1 Å². The van der Waals surface area contributed by atoms with Crippen molar-refractivity contribution in [2.45, 2.75) is 6.61 Å². The Labute approximate surface area is 178 Å². The fraction of sp³-hybridized carbons (Fsp3) is 0.273. The number of aromatic nitrogens is 1. The van der Waals surface area contributed by atoms with E-state index in [4.69, 9.17) is 4.74 Å². The summed E-state index contributed by atoms with van der Waals surface area (Å²) in [6.07, 6.45) is 0. The molecular weight excluding hydrogens is 400 g/mol. The Balaban J connectivity index is 1.82. The number of rotatable bonds is 6. The molecule has 31 heavy (non-hydrogen) atoms. The normalized spacial score (nSPS) is 14.5. The molecule has 0 aliphatic carbocycles. The zero-order valence-corrected chi connectivity index (χ0v) is 17.0. The van der Waals surface area contributed by atoms with Gasteiger partial charge in [0.25, 0.3) is 5.69 Å². The van der Waals surface area contributed by atoms with Crippen molar-refractivity contribution in [3.05, 3.63) is 69.9 Å². The molecule has 0 unspecified atom stereocenters. The van der Waals surface area contributed by atoms with Gasteiger partial charge in [-0.05, 0) is 18.7 Å². The molecule has 2 heterocycles. The second-order valence-corrected chi connectivity index (χ2v) is 7.49. The van der Waals surface area contributed by atoms with E-state index in [9.17, 15) is 20.0 Å². The first-order valence-corrected chi connectivity index (χ1v) is 9.89. The van der Waals surface area contributed by atoms with Crippen molar-refractivity contribution in [3.8, 4) is 5.75 Å². The molecule has 9 nitrogen and oxygen atoms in total. The first-order valence-electron chi connectivity index (χ1n) is 9.89. The zero-order valence-electron chi connectivity index (χ0n) is 17.0. The predicted octanol–water partition coefficient (Wildman–Crippen LogP) is 3.17. The molecule has 1 aliphatic heterocycles. The Kier molecular flexibility index (Phi) is 5.68. The van der Waals surface area contributed by atoms with Gasteiger partial charge in [0, 0.05) is 44.0 Å². The fourth-order valence-electron chi connectivity index (χ4n) is 3.61. The molecule has 1 fully saturated rings. The highest BCUT2D eigenvalue weighted by Gasteiger charge is 2.24. The highest BCUT2D eigenvalue weighted by atomic mass is 16.6. The Morgan fingerprint density at radius 2 is 1.87 bits per heavy atom. The highest BCUT2D eigenvalue weighted by molar-refractivity contribution is 5.99. The Hall–Kier alpha value is -3.72. The summed E-state index contributed by atoms with van der Waals surface area (Å²) in [6, 6.07) is 14.0. The van der Waals surface area contributed by atoms with Crippen LogP contribution in [0.25, 0.3) is 10.9 Å². The zero-order chi connectivity index (χ0) is 22.0. The van der Waals surface area contributed by atoms with E-state index in [1.54, 1.807) is 6.07 Å². The number of pyridine rings is 1. The average Bonchev–Trinajstić information content (AvgIpc) is 2.77. The number of carboxylic acid groups (broad SMARTS) is 1. The number of aromatic carboxylic acids is 1. The van der Waals surface area contributed by atoms with Crippen LogP contribution in [0.5, 0.6) is 5.75 Å². The number of benzene rings is 2. The lowest BCUT2D eigenvalue weighted by Gasteiger charge is -2.34. The summed E-state index contributed by atoms with van der Waals surface area (Å²) >= 11 is 0. The number of anilines is 1. The Morgan fingerprint density at radius 1 is 1.16 bits per heavy atom. The van der Waals surface area contributed by atoms with Gasteiger partial charge < -0.3 is 19.6 Å². The van der Waals surface area contributed by atoms with Crippen LogP contribution in [0.4, 0.5) is 11.4 Å². The maximum absolute atomic E-state index is 11.8. The summed E-state index contributed by atoms with van der Waals surface area (Å²) in [5, 5.41) is 21.7. The van der Waals surface area contributed by atoms with Crippen LogP contribution in [-0.4, -0.2) is 59.1 Å². The van der Waals surface area contributed by atoms with Crippen LogP contribution in [0.1, 0.15) is 16.1 Å². The second kappa shape index (κ2) is 8.57.